The Hall–Kier alpha value is -1.84. The number of rotatable bonds is 4. The number of hydrogen-bond donors (Lipinski definition) is 1. The summed E-state index contributed by atoms with van der Waals surface area (Å²) in [5, 5.41) is 2.94. The minimum Gasteiger partial charge on any atom is -0.444 e. The first-order chi connectivity index (χ1) is 10.7. The molecule has 4 heteroatoms. The van der Waals surface area contributed by atoms with Gasteiger partial charge in [-0.1, -0.05) is 36.2 Å². The molecule has 2 atom stereocenters. The van der Waals surface area contributed by atoms with E-state index in [9.17, 15) is 9.59 Å². The van der Waals surface area contributed by atoms with E-state index in [1.807, 2.05) is 52.0 Å². The molecule has 1 aromatic rings. The number of alkyl carbamates (subject to hydrolysis) is 1. The van der Waals surface area contributed by atoms with E-state index < -0.39 is 11.7 Å². The van der Waals surface area contributed by atoms with Crippen molar-refractivity contribution >= 4 is 11.9 Å². The second-order valence-corrected chi connectivity index (χ2v) is 7.44. The van der Waals surface area contributed by atoms with Gasteiger partial charge in [-0.2, -0.15) is 0 Å². The van der Waals surface area contributed by atoms with Gasteiger partial charge in [0.25, 0.3) is 0 Å². The third kappa shape index (κ3) is 5.38. The third-order valence-electron chi connectivity index (χ3n) is 4.18. The molecule has 1 aliphatic rings. The minimum absolute atomic E-state index is 0.0271. The van der Waals surface area contributed by atoms with Crippen LogP contribution in [0.2, 0.25) is 0 Å². The van der Waals surface area contributed by atoms with Crippen LogP contribution in [-0.2, 0) is 4.74 Å². The molecule has 0 saturated heterocycles. The smallest absolute Gasteiger partial charge is 0.407 e. The highest BCUT2D eigenvalue weighted by molar-refractivity contribution is 5.96. The molecule has 1 fully saturated rings. The van der Waals surface area contributed by atoms with Crippen LogP contribution in [-0.4, -0.2) is 23.5 Å². The van der Waals surface area contributed by atoms with Gasteiger partial charge in [-0.25, -0.2) is 4.79 Å². The molecule has 0 heterocycles. The molecule has 1 N–H and O–H groups in total. The molecule has 0 bridgehead atoms. The fourth-order valence-electron chi connectivity index (χ4n) is 3.03. The van der Waals surface area contributed by atoms with Crippen LogP contribution >= 0.6 is 0 Å². The molecule has 23 heavy (non-hydrogen) atoms. The summed E-state index contributed by atoms with van der Waals surface area (Å²) in [4.78, 5) is 24.4. The van der Waals surface area contributed by atoms with Crippen molar-refractivity contribution in [3.63, 3.8) is 0 Å². The van der Waals surface area contributed by atoms with Gasteiger partial charge < -0.3 is 10.1 Å². The average Bonchev–Trinajstić information content (AvgIpc) is 2.84. The number of carbonyl (C=O) groups excluding carboxylic acids is 2. The summed E-state index contributed by atoms with van der Waals surface area (Å²) < 4.78 is 5.32. The lowest BCUT2D eigenvalue weighted by Crippen LogP contribution is -2.41. The standard InChI is InChI=1S/C19H27NO3/c1-13-8-10-14(11-9-13)17(21)12-15-6-5-7-16(15)20-18(22)23-19(2,3)4/h8-11,15-16H,5-7,12H2,1-4H3,(H,20,22)/t15-,16-/m1/s1. The van der Waals surface area contributed by atoms with Crippen LogP contribution in [0.3, 0.4) is 0 Å². The predicted octanol–water partition coefficient (Wildman–Crippen LogP) is 4.26. The summed E-state index contributed by atoms with van der Waals surface area (Å²) in [6.45, 7) is 7.55. The van der Waals surface area contributed by atoms with Crippen molar-refractivity contribution in [2.45, 2.75) is 65.0 Å². The highest BCUT2D eigenvalue weighted by Crippen LogP contribution is 2.30. The van der Waals surface area contributed by atoms with Gasteiger partial charge in [0.1, 0.15) is 5.60 Å². The van der Waals surface area contributed by atoms with E-state index in [0.717, 1.165) is 30.4 Å². The summed E-state index contributed by atoms with van der Waals surface area (Å²) in [6, 6.07) is 7.70. The minimum atomic E-state index is -0.504. The Labute approximate surface area is 138 Å². The second-order valence-electron chi connectivity index (χ2n) is 7.44. The van der Waals surface area contributed by atoms with E-state index in [2.05, 4.69) is 5.32 Å². The molecular weight excluding hydrogens is 290 g/mol. The maximum Gasteiger partial charge on any atom is 0.407 e. The summed E-state index contributed by atoms with van der Waals surface area (Å²) in [7, 11) is 0. The number of aryl methyl sites for hydroxylation is 1. The Kier molecular flexibility index (Phi) is 5.45. The molecule has 0 unspecified atom stereocenters. The highest BCUT2D eigenvalue weighted by Gasteiger charge is 2.31. The van der Waals surface area contributed by atoms with Crippen LogP contribution < -0.4 is 5.32 Å². The fraction of sp³-hybridized carbons (Fsp3) is 0.579. The summed E-state index contributed by atoms with van der Waals surface area (Å²) in [5.41, 5.74) is 1.39. The molecule has 0 aliphatic heterocycles. The van der Waals surface area contributed by atoms with Crippen molar-refractivity contribution in [2.24, 2.45) is 5.92 Å². The number of benzene rings is 1. The largest absolute Gasteiger partial charge is 0.444 e. The molecular formula is C19H27NO3. The van der Waals surface area contributed by atoms with Crippen molar-refractivity contribution in [2.75, 3.05) is 0 Å². The van der Waals surface area contributed by atoms with E-state index in [0.29, 0.717) is 6.42 Å². The van der Waals surface area contributed by atoms with E-state index in [1.54, 1.807) is 0 Å². The number of amides is 1. The second kappa shape index (κ2) is 7.16. The van der Waals surface area contributed by atoms with E-state index in [1.165, 1.54) is 0 Å². The van der Waals surface area contributed by atoms with Gasteiger partial charge in [0.15, 0.2) is 5.78 Å². The van der Waals surface area contributed by atoms with Crippen molar-refractivity contribution < 1.29 is 14.3 Å². The predicted molar refractivity (Wildman–Crippen MR) is 90.6 cm³/mol. The van der Waals surface area contributed by atoms with Crippen LogP contribution in [0, 0.1) is 12.8 Å². The first-order valence-electron chi connectivity index (χ1n) is 8.34. The Morgan fingerprint density at radius 2 is 1.83 bits per heavy atom. The molecule has 0 aromatic heterocycles. The van der Waals surface area contributed by atoms with E-state index in [-0.39, 0.29) is 17.7 Å². The Balaban J connectivity index is 1.92. The Bertz CT molecular complexity index is 557. The number of carbonyl (C=O) groups is 2. The highest BCUT2D eigenvalue weighted by atomic mass is 16.6. The van der Waals surface area contributed by atoms with Gasteiger partial charge in [0.2, 0.25) is 0 Å². The lowest BCUT2D eigenvalue weighted by atomic mass is 9.94. The molecule has 0 spiro atoms. The topological polar surface area (TPSA) is 55.4 Å². The van der Waals surface area contributed by atoms with Crippen molar-refractivity contribution in [3.05, 3.63) is 35.4 Å². The number of ketones is 1. The van der Waals surface area contributed by atoms with Crippen molar-refractivity contribution in [3.8, 4) is 0 Å². The van der Waals surface area contributed by atoms with Crippen LogP contribution in [0.25, 0.3) is 0 Å². The summed E-state index contributed by atoms with van der Waals surface area (Å²) >= 11 is 0. The van der Waals surface area contributed by atoms with Crippen molar-refractivity contribution in [1.82, 2.24) is 5.32 Å². The summed E-state index contributed by atoms with van der Waals surface area (Å²) in [6.07, 6.45) is 3.00. The zero-order valence-electron chi connectivity index (χ0n) is 14.5. The van der Waals surface area contributed by atoms with Gasteiger partial charge in [-0.3, -0.25) is 4.79 Å². The first kappa shape index (κ1) is 17.5. The molecule has 1 amide bonds. The lowest BCUT2D eigenvalue weighted by Gasteiger charge is -2.24. The van der Waals surface area contributed by atoms with Crippen LogP contribution in [0.1, 0.15) is 62.4 Å². The van der Waals surface area contributed by atoms with Gasteiger partial charge in [-0.15, -0.1) is 0 Å². The molecule has 1 aliphatic carbocycles. The Morgan fingerprint density at radius 1 is 1.17 bits per heavy atom. The van der Waals surface area contributed by atoms with E-state index in [4.69, 9.17) is 4.74 Å². The van der Waals surface area contributed by atoms with Gasteiger partial charge >= 0.3 is 6.09 Å². The zero-order chi connectivity index (χ0) is 17.0. The fourth-order valence-corrected chi connectivity index (χ4v) is 3.03. The molecule has 1 aromatic carbocycles. The van der Waals surface area contributed by atoms with Crippen molar-refractivity contribution in [1.29, 1.82) is 0 Å². The van der Waals surface area contributed by atoms with Gasteiger partial charge in [-0.05, 0) is 46.5 Å². The van der Waals surface area contributed by atoms with Crippen LogP contribution in [0.4, 0.5) is 4.79 Å². The number of ether oxygens (including phenoxy) is 1. The first-order valence-corrected chi connectivity index (χ1v) is 8.34. The third-order valence-corrected chi connectivity index (χ3v) is 4.18. The quantitative estimate of drug-likeness (QED) is 0.844. The average molecular weight is 317 g/mol. The number of hydrogen-bond acceptors (Lipinski definition) is 3. The molecule has 1 saturated carbocycles. The summed E-state index contributed by atoms with van der Waals surface area (Å²) in [5.74, 6) is 0.337. The lowest BCUT2D eigenvalue weighted by molar-refractivity contribution is 0.0489. The normalized spacial score (nSPS) is 21.0. The van der Waals surface area contributed by atoms with Gasteiger partial charge in [0, 0.05) is 18.0 Å². The molecule has 0 radical (unpaired) electrons. The molecule has 2 rings (SSSR count). The maximum absolute atomic E-state index is 12.4. The van der Waals surface area contributed by atoms with E-state index >= 15 is 0 Å². The van der Waals surface area contributed by atoms with Gasteiger partial charge in [0.05, 0.1) is 0 Å². The monoisotopic (exact) mass is 317 g/mol. The van der Waals surface area contributed by atoms with Crippen LogP contribution in [0.5, 0.6) is 0 Å². The number of Topliss-reactive ketones (excluding diaryl/α,β-unsaturated/α-hetero) is 1. The number of nitrogens with one attached hydrogen (secondary N) is 1. The maximum atomic E-state index is 12.4. The Morgan fingerprint density at radius 3 is 2.43 bits per heavy atom. The zero-order valence-corrected chi connectivity index (χ0v) is 14.5. The molecule has 4 nitrogen and oxygen atoms in total. The molecule has 126 valence electrons. The SMILES string of the molecule is Cc1ccc(C(=O)C[C@H]2CCC[C@H]2NC(=O)OC(C)(C)C)cc1. The van der Waals surface area contributed by atoms with Crippen LogP contribution in [0.15, 0.2) is 24.3 Å².